The lowest BCUT2D eigenvalue weighted by molar-refractivity contribution is -0.138. The normalized spacial score (nSPS) is 11.9. The van der Waals surface area contributed by atoms with Gasteiger partial charge < -0.3 is 10.0 Å². The van der Waals surface area contributed by atoms with Crippen LogP contribution in [0.2, 0.25) is 0 Å². The maximum atomic E-state index is 12.4. The molecule has 0 spiro atoms. The van der Waals surface area contributed by atoms with E-state index < -0.39 is 5.97 Å². The van der Waals surface area contributed by atoms with Crippen molar-refractivity contribution >= 4 is 11.9 Å². The number of carboxylic acids is 1. The quantitative estimate of drug-likeness (QED) is 0.871. The number of hydrogen-bond donors (Lipinski definition) is 1. The minimum atomic E-state index is -0.989. The van der Waals surface area contributed by atoms with Crippen molar-refractivity contribution in [3.05, 3.63) is 35.4 Å². The Kier molecular flexibility index (Phi) is 4.89. The molecule has 1 aromatic carbocycles. The molecule has 0 saturated carbocycles. The van der Waals surface area contributed by atoms with Gasteiger partial charge in [-0.3, -0.25) is 9.59 Å². The first-order valence-corrected chi connectivity index (χ1v) is 6.05. The van der Waals surface area contributed by atoms with Gasteiger partial charge in [-0.05, 0) is 31.9 Å². The number of benzene rings is 1. The van der Waals surface area contributed by atoms with Crippen LogP contribution in [-0.2, 0) is 4.79 Å². The molecule has 0 fully saturated rings. The largest absolute Gasteiger partial charge is 0.480 e. The van der Waals surface area contributed by atoms with Crippen molar-refractivity contribution in [2.45, 2.75) is 33.2 Å². The summed E-state index contributed by atoms with van der Waals surface area (Å²) in [4.78, 5) is 24.6. The molecule has 98 valence electrons. The van der Waals surface area contributed by atoms with Gasteiger partial charge >= 0.3 is 5.97 Å². The molecule has 0 aliphatic heterocycles. The van der Waals surface area contributed by atoms with Crippen LogP contribution in [0.25, 0.3) is 0 Å². The topological polar surface area (TPSA) is 57.6 Å². The predicted octanol–water partition coefficient (Wildman–Crippen LogP) is 2.32. The summed E-state index contributed by atoms with van der Waals surface area (Å²) in [6.45, 7) is 5.38. The van der Waals surface area contributed by atoms with E-state index in [9.17, 15) is 9.59 Å². The molecule has 0 aliphatic carbocycles. The average Bonchev–Trinajstić information content (AvgIpc) is 2.34. The van der Waals surface area contributed by atoms with E-state index in [2.05, 4.69) is 0 Å². The van der Waals surface area contributed by atoms with Crippen LogP contribution in [0.3, 0.4) is 0 Å². The lowest BCUT2D eigenvalue weighted by atomic mass is 10.1. The minimum absolute atomic E-state index is 0.0896. The Balaban J connectivity index is 3.02. The summed E-state index contributed by atoms with van der Waals surface area (Å²) in [7, 11) is 0. The average molecular weight is 249 g/mol. The van der Waals surface area contributed by atoms with Crippen molar-refractivity contribution in [3.63, 3.8) is 0 Å². The van der Waals surface area contributed by atoms with Crippen LogP contribution in [0, 0.1) is 6.92 Å². The third kappa shape index (κ3) is 3.32. The monoisotopic (exact) mass is 249 g/mol. The van der Waals surface area contributed by atoms with Gasteiger partial charge in [0.25, 0.3) is 5.91 Å². The number of aryl methyl sites for hydroxylation is 1. The second-order valence-electron chi connectivity index (χ2n) is 4.40. The predicted molar refractivity (Wildman–Crippen MR) is 69.6 cm³/mol. The van der Waals surface area contributed by atoms with Crippen molar-refractivity contribution in [1.29, 1.82) is 0 Å². The molecule has 4 nitrogen and oxygen atoms in total. The number of carboxylic acid groups (broad SMARTS) is 1. The van der Waals surface area contributed by atoms with Gasteiger partial charge in [-0.1, -0.05) is 25.1 Å². The smallest absolute Gasteiger partial charge is 0.323 e. The van der Waals surface area contributed by atoms with Crippen LogP contribution in [-0.4, -0.2) is 34.5 Å². The molecule has 1 aromatic rings. The van der Waals surface area contributed by atoms with Crippen LogP contribution in [0.15, 0.2) is 24.3 Å². The van der Waals surface area contributed by atoms with Gasteiger partial charge in [-0.15, -0.1) is 0 Å². The SMILES string of the molecule is CCC(C)N(CC(=O)O)C(=O)c1ccccc1C. The van der Waals surface area contributed by atoms with Gasteiger partial charge in [0.05, 0.1) is 0 Å². The molecular formula is C14H19NO3. The molecule has 1 amide bonds. The zero-order valence-corrected chi connectivity index (χ0v) is 11.0. The highest BCUT2D eigenvalue weighted by molar-refractivity contribution is 5.97. The van der Waals surface area contributed by atoms with Crippen LogP contribution in [0.5, 0.6) is 0 Å². The maximum Gasteiger partial charge on any atom is 0.323 e. The van der Waals surface area contributed by atoms with Gasteiger partial charge in [0.15, 0.2) is 0 Å². The van der Waals surface area contributed by atoms with Crippen molar-refractivity contribution in [2.75, 3.05) is 6.54 Å². The van der Waals surface area contributed by atoms with E-state index in [0.717, 1.165) is 12.0 Å². The Hall–Kier alpha value is -1.84. The first kappa shape index (κ1) is 14.2. The van der Waals surface area contributed by atoms with Gasteiger partial charge in [0, 0.05) is 11.6 Å². The summed E-state index contributed by atoms with van der Waals surface area (Å²) < 4.78 is 0. The molecule has 0 bridgehead atoms. The van der Waals surface area contributed by atoms with Crippen molar-refractivity contribution in [3.8, 4) is 0 Å². The molecule has 1 N–H and O–H groups in total. The molecule has 0 heterocycles. The Morgan fingerprint density at radius 3 is 2.44 bits per heavy atom. The van der Waals surface area contributed by atoms with E-state index in [1.54, 1.807) is 12.1 Å². The highest BCUT2D eigenvalue weighted by Crippen LogP contribution is 2.14. The van der Waals surface area contributed by atoms with Crippen LogP contribution in [0.1, 0.15) is 36.2 Å². The fraction of sp³-hybridized carbons (Fsp3) is 0.429. The molecular weight excluding hydrogens is 230 g/mol. The highest BCUT2D eigenvalue weighted by atomic mass is 16.4. The van der Waals surface area contributed by atoms with Gasteiger partial charge in [0.1, 0.15) is 6.54 Å². The molecule has 0 saturated heterocycles. The summed E-state index contributed by atoms with van der Waals surface area (Å²) in [6, 6.07) is 7.14. The van der Waals surface area contributed by atoms with Gasteiger partial charge in [-0.2, -0.15) is 0 Å². The van der Waals surface area contributed by atoms with E-state index >= 15 is 0 Å². The number of carbonyl (C=O) groups excluding carboxylic acids is 1. The van der Waals surface area contributed by atoms with Gasteiger partial charge in [-0.25, -0.2) is 0 Å². The fourth-order valence-corrected chi connectivity index (χ4v) is 1.76. The Labute approximate surface area is 107 Å². The van der Waals surface area contributed by atoms with Crippen molar-refractivity contribution in [1.82, 2.24) is 4.90 Å². The minimum Gasteiger partial charge on any atom is -0.480 e. The van der Waals surface area contributed by atoms with E-state index in [1.165, 1.54) is 4.90 Å². The van der Waals surface area contributed by atoms with Crippen LogP contribution < -0.4 is 0 Å². The van der Waals surface area contributed by atoms with Crippen molar-refractivity contribution in [2.24, 2.45) is 0 Å². The number of nitrogens with zero attached hydrogens (tertiary/aromatic N) is 1. The number of rotatable bonds is 5. The molecule has 1 unspecified atom stereocenters. The second-order valence-corrected chi connectivity index (χ2v) is 4.40. The number of aliphatic carboxylic acids is 1. The molecule has 0 aromatic heterocycles. The molecule has 0 radical (unpaired) electrons. The summed E-state index contributed by atoms with van der Waals surface area (Å²) >= 11 is 0. The number of amides is 1. The summed E-state index contributed by atoms with van der Waals surface area (Å²) in [5.74, 6) is -1.21. The first-order valence-electron chi connectivity index (χ1n) is 6.05. The lowest BCUT2D eigenvalue weighted by Gasteiger charge is -2.27. The van der Waals surface area contributed by atoms with Gasteiger partial charge in [0.2, 0.25) is 0 Å². The molecule has 0 aliphatic rings. The Bertz CT molecular complexity index is 442. The number of carbonyl (C=O) groups is 2. The van der Waals surface area contributed by atoms with E-state index in [1.807, 2.05) is 32.9 Å². The maximum absolute atomic E-state index is 12.4. The Morgan fingerprint density at radius 1 is 1.33 bits per heavy atom. The molecule has 1 atom stereocenters. The van der Waals surface area contributed by atoms with Crippen LogP contribution >= 0.6 is 0 Å². The summed E-state index contributed by atoms with van der Waals surface area (Å²) in [5, 5.41) is 8.90. The zero-order valence-electron chi connectivity index (χ0n) is 11.0. The Morgan fingerprint density at radius 2 is 1.94 bits per heavy atom. The number of hydrogen-bond acceptors (Lipinski definition) is 2. The van der Waals surface area contributed by atoms with E-state index in [4.69, 9.17) is 5.11 Å². The molecule has 4 heteroatoms. The molecule has 18 heavy (non-hydrogen) atoms. The zero-order chi connectivity index (χ0) is 13.7. The van der Waals surface area contributed by atoms with Crippen molar-refractivity contribution < 1.29 is 14.7 Å². The van der Waals surface area contributed by atoms with Crippen LogP contribution in [0.4, 0.5) is 0 Å². The standard InChI is InChI=1S/C14H19NO3/c1-4-11(3)15(9-13(16)17)14(18)12-8-6-5-7-10(12)2/h5-8,11H,4,9H2,1-3H3,(H,16,17). The fourth-order valence-electron chi connectivity index (χ4n) is 1.76. The third-order valence-corrected chi connectivity index (χ3v) is 3.06. The third-order valence-electron chi connectivity index (χ3n) is 3.06. The van der Waals surface area contributed by atoms with E-state index in [0.29, 0.717) is 5.56 Å². The highest BCUT2D eigenvalue weighted by Gasteiger charge is 2.23. The second kappa shape index (κ2) is 6.19. The van der Waals surface area contributed by atoms with E-state index in [-0.39, 0.29) is 18.5 Å². The summed E-state index contributed by atoms with van der Waals surface area (Å²) in [5.41, 5.74) is 1.43. The first-order chi connectivity index (χ1) is 8.47. The lowest BCUT2D eigenvalue weighted by Crippen LogP contribution is -2.42. The molecule has 1 rings (SSSR count). The summed E-state index contributed by atoms with van der Waals surface area (Å²) in [6.07, 6.45) is 0.727.